The minimum absolute atomic E-state index is 0.00788. The Hall–Kier alpha value is -1.40. The van der Waals surface area contributed by atoms with Crippen LogP contribution in [-0.2, 0) is 14.3 Å². The van der Waals surface area contributed by atoms with Gasteiger partial charge in [-0.15, -0.1) is 0 Å². The van der Waals surface area contributed by atoms with Crippen LogP contribution in [0, 0.1) is 0 Å². The number of hydrogen-bond acceptors (Lipinski definition) is 5. The maximum Gasteiger partial charge on any atom is 0.305 e. The Morgan fingerprint density at radius 2 is 0.836 bits per heavy atom. The third kappa shape index (κ3) is 42.0. The topological polar surface area (TPSA) is 95.9 Å². The smallest absolute Gasteiger partial charge is 0.305 e. The molecule has 0 rings (SSSR count). The van der Waals surface area contributed by atoms with Crippen LogP contribution in [0.15, 0.2) is 12.2 Å². The predicted octanol–water partition coefficient (Wildman–Crippen LogP) is 14.2. The number of carbonyl (C=O) groups is 2. The molecule has 6 heteroatoms. The molecule has 0 aromatic carbocycles. The van der Waals surface area contributed by atoms with Crippen molar-refractivity contribution in [3.05, 3.63) is 12.2 Å². The third-order valence-corrected chi connectivity index (χ3v) is 11.3. The molecule has 55 heavy (non-hydrogen) atoms. The lowest BCUT2D eigenvalue weighted by Gasteiger charge is -2.20. The number of nitrogens with one attached hydrogen (secondary N) is 1. The van der Waals surface area contributed by atoms with Gasteiger partial charge < -0.3 is 20.3 Å². The van der Waals surface area contributed by atoms with Crippen LogP contribution in [0.5, 0.6) is 0 Å². The fourth-order valence-corrected chi connectivity index (χ4v) is 7.51. The molecule has 0 aliphatic carbocycles. The van der Waals surface area contributed by atoms with Gasteiger partial charge in [0.2, 0.25) is 5.91 Å². The van der Waals surface area contributed by atoms with Crippen LogP contribution < -0.4 is 5.32 Å². The maximum atomic E-state index is 12.4. The van der Waals surface area contributed by atoms with Crippen LogP contribution in [0.4, 0.5) is 0 Å². The maximum absolute atomic E-state index is 12.4. The van der Waals surface area contributed by atoms with Crippen molar-refractivity contribution >= 4 is 11.9 Å². The molecule has 0 aromatic rings. The number of carbonyl (C=O) groups excluding carboxylic acids is 2. The fraction of sp³-hybridized carbons (Fsp3) is 0.918. The minimum atomic E-state index is -0.851. The quantitative estimate of drug-likeness (QED) is 0.0325. The van der Waals surface area contributed by atoms with Gasteiger partial charge in [-0.1, -0.05) is 231 Å². The zero-order chi connectivity index (χ0) is 40.1. The first-order valence-corrected chi connectivity index (χ1v) is 24.5. The first kappa shape index (κ1) is 53.6. The van der Waals surface area contributed by atoms with Crippen LogP contribution in [0.1, 0.15) is 264 Å². The van der Waals surface area contributed by atoms with Gasteiger partial charge in [0, 0.05) is 12.8 Å². The van der Waals surface area contributed by atoms with Gasteiger partial charge in [-0.05, 0) is 32.1 Å². The van der Waals surface area contributed by atoms with Gasteiger partial charge in [-0.3, -0.25) is 9.59 Å². The van der Waals surface area contributed by atoms with Gasteiger partial charge in [0.25, 0.3) is 0 Å². The minimum Gasteiger partial charge on any atom is -0.466 e. The SMILES string of the molecule is CCCCCCCCCC/C=C/C(O)C(CO)NC(=O)CCCCCCCCCCCCCCOC(=O)CCCCCCCCCCCCCCCCCC. The van der Waals surface area contributed by atoms with Crippen molar-refractivity contribution in [1.82, 2.24) is 5.32 Å². The number of ether oxygens (including phenoxy) is 1. The summed E-state index contributed by atoms with van der Waals surface area (Å²) in [5, 5.41) is 22.9. The summed E-state index contributed by atoms with van der Waals surface area (Å²) in [6, 6.07) is -0.636. The number of hydrogen-bond donors (Lipinski definition) is 3. The van der Waals surface area contributed by atoms with Crippen LogP contribution in [0.3, 0.4) is 0 Å². The average Bonchev–Trinajstić information content (AvgIpc) is 3.18. The lowest BCUT2D eigenvalue weighted by molar-refractivity contribution is -0.143. The normalized spacial score (nSPS) is 12.7. The van der Waals surface area contributed by atoms with Crippen molar-refractivity contribution in [3.8, 4) is 0 Å². The first-order valence-electron chi connectivity index (χ1n) is 24.5. The van der Waals surface area contributed by atoms with Gasteiger partial charge in [0.1, 0.15) is 0 Å². The van der Waals surface area contributed by atoms with Crippen LogP contribution in [-0.4, -0.2) is 47.4 Å². The number of rotatable bonds is 45. The van der Waals surface area contributed by atoms with E-state index in [-0.39, 0.29) is 18.5 Å². The molecule has 0 radical (unpaired) electrons. The van der Waals surface area contributed by atoms with Crippen molar-refractivity contribution in [2.45, 2.75) is 276 Å². The lowest BCUT2D eigenvalue weighted by atomic mass is 10.0. The summed E-state index contributed by atoms with van der Waals surface area (Å²) in [6.45, 7) is 4.85. The Balaban J connectivity index is 3.44. The summed E-state index contributed by atoms with van der Waals surface area (Å²) >= 11 is 0. The zero-order valence-electron chi connectivity index (χ0n) is 36.9. The summed E-state index contributed by atoms with van der Waals surface area (Å²) in [7, 11) is 0. The van der Waals surface area contributed by atoms with Crippen molar-refractivity contribution < 1.29 is 24.5 Å². The highest BCUT2D eigenvalue weighted by molar-refractivity contribution is 5.76. The summed E-state index contributed by atoms with van der Waals surface area (Å²) in [5.41, 5.74) is 0. The van der Waals surface area contributed by atoms with Crippen LogP contribution in [0.2, 0.25) is 0 Å². The summed E-state index contributed by atoms with van der Waals surface area (Å²) in [5.74, 6) is -0.0928. The highest BCUT2D eigenvalue weighted by atomic mass is 16.5. The molecule has 1 amide bonds. The number of unbranched alkanes of at least 4 members (excludes halogenated alkanes) is 34. The van der Waals surface area contributed by atoms with Crippen LogP contribution >= 0.6 is 0 Å². The van der Waals surface area contributed by atoms with E-state index in [0.29, 0.717) is 19.4 Å². The zero-order valence-corrected chi connectivity index (χ0v) is 36.9. The highest BCUT2D eigenvalue weighted by Crippen LogP contribution is 2.16. The van der Waals surface area contributed by atoms with Gasteiger partial charge >= 0.3 is 5.97 Å². The van der Waals surface area contributed by atoms with Gasteiger partial charge in [-0.2, -0.15) is 0 Å². The molecular weight excluding hydrogens is 683 g/mol. The van der Waals surface area contributed by atoms with E-state index in [4.69, 9.17) is 4.74 Å². The largest absolute Gasteiger partial charge is 0.466 e. The summed E-state index contributed by atoms with van der Waals surface area (Å²) in [6.07, 6.45) is 50.6. The predicted molar refractivity (Wildman–Crippen MR) is 237 cm³/mol. The Bertz CT molecular complexity index is 817. The van der Waals surface area contributed by atoms with E-state index in [1.54, 1.807) is 6.08 Å². The second kappa shape index (κ2) is 45.3. The van der Waals surface area contributed by atoms with Crippen molar-refractivity contribution in [1.29, 1.82) is 0 Å². The van der Waals surface area contributed by atoms with Crippen molar-refractivity contribution in [2.75, 3.05) is 13.2 Å². The van der Waals surface area contributed by atoms with Crippen LogP contribution in [0.25, 0.3) is 0 Å². The number of amides is 1. The molecular formula is C49H95NO5. The molecule has 326 valence electrons. The molecule has 0 fully saturated rings. The molecule has 2 unspecified atom stereocenters. The van der Waals surface area contributed by atoms with E-state index in [0.717, 1.165) is 57.8 Å². The molecule has 0 heterocycles. The van der Waals surface area contributed by atoms with Crippen molar-refractivity contribution in [2.24, 2.45) is 0 Å². The number of allylic oxidation sites excluding steroid dienone is 1. The molecule has 6 nitrogen and oxygen atoms in total. The summed E-state index contributed by atoms with van der Waals surface area (Å²) < 4.78 is 5.46. The molecule has 0 aliphatic rings. The Labute approximate surface area is 342 Å². The molecule has 0 aliphatic heterocycles. The number of aliphatic hydroxyl groups excluding tert-OH is 2. The Morgan fingerprint density at radius 3 is 1.24 bits per heavy atom. The highest BCUT2D eigenvalue weighted by Gasteiger charge is 2.18. The molecule has 0 bridgehead atoms. The van der Waals surface area contributed by atoms with Crippen molar-refractivity contribution in [3.63, 3.8) is 0 Å². The van der Waals surface area contributed by atoms with E-state index in [2.05, 4.69) is 19.2 Å². The fourth-order valence-electron chi connectivity index (χ4n) is 7.51. The molecule has 0 aromatic heterocycles. The molecule has 0 spiro atoms. The molecule has 0 saturated heterocycles. The van der Waals surface area contributed by atoms with E-state index >= 15 is 0 Å². The molecule has 0 saturated carbocycles. The Morgan fingerprint density at radius 1 is 0.491 bits per heavy atom. The first-order chi connectivity index (χ1) is 27.0. The standard InChI is InChI=1S/C49H95NO5/c1-3-5-7-9-11-13-15-16-17-18-19-23-27-31-35-39-43-49(54)55-44-40-36-32-28-24-21-20-22-26-30-34-38-42-48(53)50-46(45-51)47(52)41-37-33-29-25-14-12-10-8-6-4-2/h37,41,46-47,51-52H,3-36,38-40,42-45H2,1-2H3,(H,50,53)/b41-37+. The monoisotopic (exact) mass is 778 g/mol. The van der Waals surface area contributed by atoms with E-state index in [1.165, 1.54) is 180 Å². The van der Waals surface area contributed by atoms with E-state index in [1.807, 2.05) is 6.08 Å². The molecule has 3 N–H and O–H groups in total. The number of aliphatic hydroxyl groups is 2. The third-order valence-electron chi connectivity index (χ3n) is 11.3. The average molecular weight is 778 g/mol. The van der Waals surface area contributed by atoms with E-state index < -0.39 is 12.1 Å². The summed E-state index contributed by atoms with van der Waals surface area (Å²) in [4.78, 5) is 24.4. The van der Waals surface area contributed by atoms with Gasteiger partial charge in [-0.25, -0.2) is 0 Å². The van der Waals surface area contributed by atoms with Gasteiger partial charge in [0.15, 0.2) is 0 Å². The lowest BCUT2D eigenvalue weighted by Crippen LogP contribution is -2.45. The number of esters is 1. The van der Waals surface area contributed by atoms with E-state index in [9.17, 15) is 19.8 Å². The second-order valence-electron chi connectivity index (χ2n) is 16.8. The second-order valence-corrected chi connectivity index (χ2v) is 16.8. The Kier molecular flexibility index (Phi) is 44.2. The van der Waals surface area contributed by atoms with Gasteiger partial charge in [0.05, 0.1) is 25.4 Å². The molecule has 2 atom stereocenters.